The van der Waals surface area contributed by atoms with Crippen LogP contribution in [0, 0.1) is 12.5 Å². The van der Waals surface area contributed by atoms with Crippen LogP contribution in [0.25, 0.3) is 0 Å². The van der Waals surface area contributed by atoms with Crippen LogP contribution in [0.1, 0.15) is 0 Å². The van der Waals surface area contributed by atoms with E-state index in [1.807, 2.05) is 0 Å². The third-order valence-corrected chi connectivity index (χ3v) is 1.16. The van der Waals surface area contributed by atoms with Gasteiger partial charge in [-0.2, -0.15) is 18.3 Å². The van der Waals surface area contributed by atoms with Gasteiger partial charge in [0.25, 0.3) is 0 Å². The quantitative estimate of drug-likeness (QED) is 0.508. The van der Waals surface area contributed by atoms with Crippen LogP contribution in [-0.2, 0) is 0 Å². The summed E-state index contributed by atoms with van der Waals surface area (Å²) in [5.41, 5.74) is 0. The van der Waals surface area contributed by atoms with Gasteiger partial charge in [0.05, 0.1) is 6.54 Å². The Morgan fingerprint density at radius 1 is 1.50 bits per heavy atom. The Labute approximate surface area is 56.3 Å². The van der Waals surface area contributed by atoms with E-state index in [2.05, 4.69) is 5.10 Å². The van der Waals surface area contributed by atoms with Gasteiger partial charge in [-0.05, 0) is 0 Å². The molecule has 0 N–H and O–H groups in total. The highest BCUT2D eigenvalue weighted by Crippen LogP contribution is 2.30. The molecule has 10 heavy (non-hydrogen) atoms. The van der Waals surface area contributed by atoms with Gasteiger partial charge in [0, 0.05) is 13.3 Å². The summed E-state index contributed by atoms with van der Waals surface area (Å²) >= 11 is 0. The summed E-state index contributed by atoms with van der Waals surface area (Å²) in [6, 6.07) is 0. The highest BCUT2D eigenvalue weighted by Gasteiger charge is 2.41. The maximum absolute atomic E-state index is 11.8. The molecule has 0 saturated carbocycles. The SMILES string of the molecule is CN1[CH]C(C(F)(F)F)C=N1. The van der Waals surface area contributed by atoms with Gasteiger partial charge in [0.15, 0.2) is 0 Å². The molecule has 1 heterocycles. The third-order valence-electron chi connectivity index (χ3n) is 1.16. The average molecular weight is 151 g/mol. The Bertz CT molecular complexity index is 151. The smallest absolute Gasteiger partial charge is 0.294 e. The molecule has 1 aliphatic heterocycles. The van der Waals surface area contributed by atoms with Gasteiger partial charge >= 0.3 is 6.18 Å². The summed E-state index contributed by atoms with van der Waals surface area (Å²) < 4.78 is 35.4. The molecule has 0 saturated heterocycles. The maximum atomic E-state index is 11.8. The molecule has 0 aliphatic carbocycles. The molecule has 0 spiro atoms. The maximum Gasteiger partial charge on any atom is 0.398 e. The summed E-state index contributed by atoms with van der Waals surface area (Å²) in [4.78, 5) is 0. The van der Waals surface area contributed by atoms with Crippen molar-refractivity contribution in [2.75, 3.05) is 7.05 Å². The highest BCUT2D eigenvalue weighted by molar-refractivity contribution is 5.65. The van der Waals surface area contributed by atoms with Crippen LogP contribution >= 0.6 is 0 Å². The first-order valence-corrected chi connectivity index (χ1v) is 2.69. The predicted octanol–water partition coefficient (Wildman–Crippen LogP) is 1.26. The van der Waals surface area contributed by atoms with Crippen molar-refractivity contribution in [2.45, 2.75) is 6.18 Å². The fourth-order valence-corrected chi connectivity index (χ4v) is 0.655. The Morgan fingerprint density at radius 2 is 2.10 bits per heavy atom. The van der Waals surface area contributed by atoms with E-state index in [1.54, 1.807) is 0 Å². The van der Waals surface area contributed by atoms with Crippen molar-refractivity contribution >= 4 is 6.21 Å². The van der Waals surface area contributed by atoms with E-state index in [0.717, 1.165) is 17.8 Å². The van der Waals surface area contributed by atoms with Crippen molar-refractivity contribution in [1.82, 2.24) is 5.01 Å². The Kier molecular flexibility index (Phi) is 1.58. The fraction of sp³-hybridized carbons (Fsp3) is 0.600. The minimum atomic E-state index is -4.19. The normalized spacial score (nSPS) is 26.0. The van der Waals surface area contributed by atoms with E-state index in [0.29, 0.717) is 0 Å². The van der Waals surface area contributed by atoms with Crippen molar-refractivity contribution < 1.29 is 13.2 Å². The summed E-state index contributed by atoms with van der Waals surface area (Å²) in [5.74, 6) is -1.50. The molecule has 0 fully saturated rings. The van der Waals surface area contributed by atoms with Crippen molar-refractivity contribution in [3.8, 4) is 0 Å². The molecule has 0 bridgehead atoms. The second kappa shape index (κ2) is 2.14. The van der Waals surface area contributed by atoms with Crippen LogP contribution in [0.2, 0.25) is 0 Å². The molecule has 0 aromatic heterocycles. The largest absolute Gasteiger partial charge is 0.398 e. The van der Waals surface area contributed by atoms with Gasteiger partial charge in [-0.1, -0.05) is 0 Å². The zero-order chi connectivity index (χ0) is 7.78. The predicted molar refractivity (Wildman–Crippen MR) is 30.1 cm³/mol. The topological polar surface area (TPSA) is 15.6 Å². The lowest BCUT2D eigenvalue weighted by atomic mass is 10.2. The van der Waals surface area contributed by atoms with Gasteiger partial charge in [-0.25, -0.2) is 0 Å². The number of hydrazone groups is 1. The lowest BCUT2D eigenvalue weighted by Gasteiger charge is -2.11. The van der Waals surface area contributed by atoms with E-state index in [9.17, 15) is 13.2 Å². The van der Waals surface area contributed by atoms with Crippen LogP contribution in [0.15, 0.2) is 5.10 Å². The van der Waals surface area contributed by atoms with E-state index < -0.39 is 12.1 Å². The first kappa shape index (κ1) is 7.37. The molecule has 0 aromatic carbocycles. The van der Waals surface area contributed by atoms with E-state index in [1.165, 1.54) is 7.05 Å². The number of halogens is 3. The molecule has 1 rings (SSSR count). The van der Waals surface area contributed by atoms with Gasteiger partial charge < -0.3 is 0 Å². The Balaban J connectivity index is 2.55. The molecule has 5 heteroatoms. The Hall–Kier alpha value is -0.740. The van der Waals surface area contributed by atoms with Crippen molar-refractivity contribution in [2.24, 2.45) is 11.0 Å². The molecule has 2 nitrogen and oxygen atoms in total. The molecule has 0 aromatic rings. The lowest BCUT2D eigenvalue weighted by Crippen LogP contribution is -2.24. The van der Waals surface area contributed by atoms with Crippen molar-refractivity contribution in [1.29, 1.82) is 0 Å². The summed E-state index contributed by atoms with van der Waals surface area (Å²) in [6.07, 6.45) is -3.31. The van der Waals surface area contributed by atoms with Crippen LogP contribution in [0.3, 0.4) is 0 Å². The van der Waals surface area contributed by atoms with E-state index >= 15 is 0 Å². The molecular formula is C5H6F3N2. The monoisotopic (exact) mass is 151 g/mol. The molecule has 1 atom stereocenters. The standard InChI is InChI=1S/C5H6F3N2/c1-10-3-4(2-9-10)5(6,7)8/h2-4H,1H3. The minimum Gasteiger partial charge on any atom is -0.294 e. The van der Waals surface area contributed by atoms with E-state index in [4.69, 9.17) is 0 Å². The zero-order valence-corrected chi connectivity index (χ0v) is 5.26. The number of hydrogen-bond acceptors (Lipinski definition) is 2. The third kappa shape index (κ3) is 1.40. The second-order valence-electron chi connectivity index (χ2n) is 2.05. The molecule has 1 unspecified atom stereocenters. The molecule has 0 amide bonds. The Morgan fingerprint density at radius 3 is 2.30 bits per heavy atom. The molecule has 1 radical (unpaired) electrons. The number of hydrogen-bond donors (Lipinski definition) is 0. The summed E-state index contributed by atoms with van der Waals surface area (Å²) in [6.45, 7) is 1.01. The van der Waals surface area contributed by atoms with Crippen LogP contribution in [0.5, 0.6) is 0 Å². The molecule has 57 valence electrons. The first-order valence-electron chi connectivity index (χ1n) is 2.69. The van der Waals surface area contributed by atoms with Gasteiger partial charge in [0.2, 0.25) is 0 Å². The van der Waals surface area contributed by atoms with Gasteiger partial charge in [0.1, 0.15) is 5.92 Å². The van der Waals surface area contributed by atoms with Gasteiger partial charge in [-0.15, -0.1) is 0 Å². The van der Waals surface area contributed by atoms with E-state index in [-0.39, 0.29) is 0 Å². The number of rotatable bonds is 0. The van der Waals surface area contributed by atoms with Crippen LogP contribution in [-0.4, -0.2) is 24.4 Å². The average Bonchev–Trinajstić information content (AvgIpc) is 2.11. The molecular weight excluding hydrogens is 145 g/mol. The molecule has 1 aliphatic rings. The van der Waals surface area contributed by atoms with Crippen molar-refractivity contribution in [3.05, 3.63) is 6.54 Å². The zero-order valence-electron chi connectivity index (χ0n) is 5.26. The highest BCUT2D eigenvalue weighted by atomic mass is 19.4. The van der Waals surface area contributed by atoms with Gasteiger partial charge in [-0.3, -0.25) is 5.01 Å². The minimum absolute atomic E-state index is 0.875. The van der Waals surface area contributed by atoms with Crippen molar-refractivity contribution in [3.63, 3.8) is 0 Å². The van der Waals surface area contributed by atoms with Crippen LogP contribution in [0.4, 0.5) is 13.2 Å². The number of nitrogens with zero attached hydrogens (tertiary/aromatic N) is 2. The number of alkyl halides is 3. The summed E-state index contributed by atoms with van der Waals surface area (Å²) in [5, 5.41) is 4.57. The second-order valence-corrected chi connectivity index (χ2v) is 2.05. The summed E-state index contributed by atoms with van der Waals surface area (Å²) in [7, 11) is 1.46. The fourth-order valence-electron chi connectivity index (χ4n) is 0.655. The lowest BCUT2D eigenvalue weighted by molar-refractivity contribution is -0.147. The van der Waals surface area contributed by atoms with Crippen LogP contribution < -0.4 is 0 Å². The first-order chi connectivity index (χ1) is 4.50.